The molecule has 1 aromatic heterocycles. The van der Waals surface area contributed by atoms with Gasteiger partial charge in [-0.2, -0.15) is 5.10 Å². The van der Waals surface area contributed by atoms with Crippen LogP contribution in [0.2, 0.25) is 0 Å². The molecule has 1 fully saturated rings. The predicted octanol–water partition coefficient (Wildman–Crippen LogP) is 5.99. The Hall–Kier alpha value is -1.94. The van der Waals surface area contributed by atoms with Crippen LogP contribution in [-0.2, 0) is 25.4 Å². The number of hydrogen-bond acceptors (Lipinski definition) is 7. The summed E-state index contributed by atoms with van der Waals surface area (Å²) in [7, 11) is 1.43. The van der Waals surface area contributed by atoms with Crippen LogP contribution in [0.4, 0.5) is 4.79 Å². The number of ether oxygens (including phenoxy) is 4. The summed E-state index contributed by atoms with van der Waals surface area (Å²) in [4.78, 5) is 14.0. The third-order valence-electron chi connectivity index (χ3n) is 8.07. The van der Waals surface area contributed by atoms with E-state index in [1.165, 1.54) is 24.7 Å². The van der Waals surface area contributed by atoms with Gasteiger partial charge in [-0.25, -0.2) is 9.48 Å². The van der Waals surface area contributed by atoms with Gasteiger partial charge in [0.25, 0.3) is 0 Å². The molecule has 1 amide bonds. The van der Waals surface area contributed by atoms with E-state index in [0.717, 1.165) is 96.6 Å². The lowest BCUT2D eigenvalue weighted by molar-refractivity contribution is -0.0396. The van der Waals surface area contributed by atoms with Crippen LogP contribution in [0.3, 0.4) is 0 Å². The van der Waals surface area contributed by atoms with E-state index in [-0.39, 0.29) is 23.3 Å². The highest BCUT2D eigenvalue weighted by Crippen LogP contribution is 2.40. The highest BCUT2D eigenvalue weighted by atomic mass is 16.5. The molecule has 2 heterocycles. The smallest absolute Gasteiger partial charge is 0.409 e. The molecule has 9 nitrogen and oxygen atoms in total. The maximum absolute atomic E-state index is 12.2. The van der Waals surface area contributed by atoms with Crippen molar-refractivity contribution in [2.45, 2.75) is 104 Å². The van der Waals surface area contributed by atoms with Crippen LogP contribution in [0.25, 0.3) is 5.57 Å². The van der Waals surface area contributed by atoms with Crippen molar-refractivity contribution in [3.8, 4) is 0 Å². The number of rotatable bonds is 16. The van der Waals surface area contributed by atoms with E-state index in [1.54, 1.807) is 4.90 Å². The molecule has 1 saturated heterocycles. The van der Waals surface area contributed by atoms with Crippen LogP contribution in [0.1, 0.15) is 103 Å². The van der Waals surface area contributed by atoms with E-state index in [0.29, 0.717) is 13.1 Å². The number of allylic oxidation sites excluding steroid dienone is 2. The standard InChI is InChI=1S/C32H56N4O5/c1-7-20-39-24-32(25-40-21-8-2)15-12-26(13-16-32)29-27(23-36(34-29)28-11-9-10-22-41-28)14-17-33-18-19-35(30(37)38-6)31(3,4)5/h12,23,28,33H,7-11,13-22,24-25H2,1-6H3. The molecular formula is C32H56N4O5. The van der Waals surface area contributed by atoms with Gasteiger partial charge in [0, 0.05) is 50.1 Å². The number of nitrogens with one attached hydrogen (secondary N) is 1. The third kappa shape index (κ3) is 10.1. The number of nitrogens with zero attached hydrogens (tertiary/aromatic N) is 3. The minimum Gasteiger partial charge on any atom is -0.453 e. The summed E-state index contributed by atoms with van der Waals surface area (Å²) < 4.78 is 25.2. The first-order valence-corrected chi connectivity index (χ1v) is 15.8. The van der Waals surface area contributed by atoms with Crippen LogP contribution in [-0.4, -0.2) is 86.1 Å². The van der Waals surface area contributed by atoms with Crippen molar-refractivity contribution in [1.29, 1.82) is 0 Å². The minimum atomic E-state index is -0.297. The van der Waals surface area contributed by atoms with Gasteiger partial charge in [0.05, 0.1) is 26.0 Å². The summed E-state index contributed by atoms with van der Waals surface area (Å²) in [6.45, 7) is 16.3. The molecule has 41 heavy (non-hydrogen) atoms. The van der Waals surface area contributed by atoms with Gasteiger partial charge >= 0.3 is 6.09 Å². The van der Waals surface area contributed by atoms with Crippen molar-refractivity contribution in [2.75, 3.05) is 59.8 Å². The van der Waals surface area contributed by atoms with Gasteiger partial charge in [0.15, 0.2) is 0 Å². The van der Waals surface area contributed by atoms with Crippen molar-refractivity contribution >= 4 is 11.7 Å². The molecular weight excluding hydrogens is 520 g/mol. The van der Waals surface area contributed by atoms with Gasteiger partial charge in [-0.15, -0.1) is 0 Å². The van der Waals surface area contributed by atoms with Crippen molar-refractivity contribution in [3.63, 3.8) is 0 Å². The Balaban J connectivity index is 1.70. The largest absolute Gasteiger partial charge is 0.453 e. The molecule has 3 rings (SSSR count). The van der Waals surface area contributed by atoms with E-state index >= 15 is 0 Å². The summed E-state index contributed by atoms with van der Waals surface area (Å²) >= 11 is 0. The van der Waals surface area contributed by atoms with Crippen LogP contribution in [0.15, 0.2) is 12.3 Å². The lowest BCUT2D eigenvalue weighted by atomic mass is 9.75. The fourth-order valence-corrected chi connectivity index (χ4v) is 5.64. The highest BCUT2D eigenvalue weighted by Gasteiger charge is 2.34. The molecule has 234 valence electrons. The topological polar surface area (TPSA) is 87.1 Å². The quantitative estimate of drug-likeness (QED) is 0.242. The van der Waals surface area contributed by atoms with E-state index in [2.05, 4.69) is 36.1 Å². The Labute approximate surface area is 248 Å². The number of carbonyl (C=O) groups is 1. The molecule has 0 aromatic carbocycles. The Bertz CT molecular complexity index is 938. The maximum Gasteiger partial charge on any atom is 0.409 e. The first kappa shape index (κ1) is 33.6. The van der Waals surface area contributed by atoms with E-state index in [9.17, 15) is 4.79 Å². The van der Waals surface area contributed by atoms with Crippen LogP contribution < -0.4 is 5.32 Å². The summed E-state index contributed by atoms with van der Waals surface area (Å²) in [6.07, 6.45) is 13.4. The molecule has 1 atom stereocenters. The highest BCUT2D eigenvalue weighted by molar-refractivity contribution is 5.68. The van der Waals surface area contributed by atoms with Gasteiger partial charge < -0.3 is 29.2 Å². The average molecular weight is 577 g/mol. The molecule has 1 N–H and O–H groups in total. The number of methoxy groups -OCH3 is 1. The predicted molar refractivity (Wildman–Crippen MR) is 163 cm³/mol. The van der Waals surface area contributed by atoms with Crippen molar-refractivity contribution in [2.24, 2.45) is 5.41 Å². The monoisotopic (exact) mass is 576 g/mol. The Kier molecular flexibility index (Phi) is 13.6. The SMILES string of the molecule is CCCOCC1(COCCC)CC=C(c2nn(C3CCCCO3)cc2CCNCCN(C(=O)OC)C(C)(C)C)CC1. The average Bonchev–Trinajstić information content (AvgIpc) is 3.39. The number of carbonyl (C=O) groups excluding carboxylic acids is 1. The molecule has 1 aliphatic carbocycles. The second-order valence-electron chi connectivity index (χ2n) is 12.6. The maximum atomic E-state index is 12.2. The van der Waals surface area contributed by atoms with Crippen molar-refractivity contribution in [1.82, 2.24) is 20.0 Å². The van der Waals surface area contributed by atoms with Gasteiger partial charge in [-0.05, 0) is 96.2 Å². The molecule has 9 heteroatoms. The number of amides is 1. The number of hydrogen-bond donors (Lipinski definition) is 1. The van der Waals surface area contributed by atoms with Crippen LogP contribution >= 0.6 is 0 Å². The first-order chi connectivity index (χ1) is 19.7. The Morgan fingerprint density at radius 1 is 1.17 bits per heavy atom. The summed E-state index contributed by atoms with van der Waals surface area (Å²) in [6, 6.07) is 0. The fourth-order valence-electron chi connectivity index (χ4n) is 5.64. The van der Waals surface area contributed by atoms with Gasteiger partial charge in [0.2, 0.25) is 0 Å². The fraction of sp³-hybridized carbons (Fsp3) is 0.812. The minimum absolute atomic E-state index is 0.0118. The zero-order valence-corrected chi connectivity index (χ0v) is 26.6. The Morgan fingerprint density at radius 2 is 1.90 bits per heavy atom. The van der Waals surface area contributed by atoms with Crippen molar-refractivity contribution in [3.05, 3.63) is 23.5 Å². The van der Waals surface area contributed by atoms with E-state index in [1.807, 2.05) is 20.8 Å². The molecule has 1 aromatic rings. The second kappa shape index (κ2) is 16.6. The molecule has 0 saturated carbocycles. The summed E-state index contributed by atoms with van der Waals surface area (Å²) in [5.41, 5.74) is 3.40. The van der Waals surface area contributed by atoms with Gasteiger partial charge in [0.1, 0.15) is 6.23 Å². The first-order valence-electron chi connectivity index (χ1n) is 15.8. The molecule has 0 spiro atoms. The summed E-state index contributed by atoms with van der Waals surface area (Å²) in [5.74, 6) is 0. The molecule has 2 aliphatic rings. The van der Waals surface area contributed by atoms with E-state index in [4.69, 9.17) is 24.0 Å². The lowest BCUT2D eigenvalue weighted by Gasteiger charge is -2.36. The zero-order chi connectivity index (χ0) is 29.7. The lowest BCUT2D eigenvalue weighted by Crippen LogP contribution is -2.48. The Morgan fingerprint density at radius 3 is 2.46 bits per heavy atom. The molecule has 0 radical (unpaired) electrons. The van der Waals surface area contributed by atoms with E-state index < -0.39 is 0 Å². The van der Waals surface area contributed by atoms with Gasteiger partial charge in [-0.1, -0.05) is 19.9 Å². The second-order valence-corrected chi connectivity index (χ2v) is 12.6. The number of aromatic nitrogens is 2. The normalized spacial score (nSPS) is 19.2. The zero-order valence-electron chi connectivity index (χ0n) is 26.6. The molecule has 0 bridgehead atoms. The van der Waals surface area contributed by atoms with Gasteiger partial charge in [-0.3, -0.25) is 0 Å². The third-order valence-corrected chi connectivity index (χ3v) is 8.07. The van der Waals surface area contributed by atoms with Crippen LogP contribution in [0.5, 0.6) is 0 Å². The summed E-state index contributed by atoms with van der Waals surface area (Å²) in [5, 5.41) is 8.65. The molecule has 1 aliphatic heterocycles. The molecule has 1 unspecified atom stereocenters. The van der Waals surface area contributed by atoms with Crippen molar-refractivity contribution < 1.29 is 23.7 Å². The van der Waals surface area contributed by atoms with Crippen LogP contribution in [0, 0.1) is 5.41 Å².